The molecule has 0 spiro atoms. The van der Waals surface area contributed by atoms with Crippen LogP contribution < -0.4 is 0 Å². The highest BCUT2D eigenvalue weighted by molar-refractivity contribution is 5.81. The number of carbonyl (C=O) groups excluding carboxylic acids is 1. The van der Waals surface area contributed by atoms with Gasteiger partial charge >= 0.3 is 0 Å². The van der Waals surface area contributed by atoms with Crippen LogP contribution in [0.4, 0.5) is 0 Å². The minimum Gasteiger partial charge on any atom is -0.344 e. The zero-order chi connectivity index (χ0) is 16.2. The predicted molar refractivity (Wildman–Crippen MR) is 93.3 cm³/mol. The third-order valence-electron chi connectivity index (χ3n) is 5.03. The fourth-order valence-corrected chi connectivity index (χ4v) is 3.69. The van der Waals surface area contributed by atoms with Gasteiger partial charge in [-0.2, -0.15) is 0 Å². The van der Waals surface area contributed by atoms with E-state index in [9.17, 15) is 4.79 Å². The van der Waals surface area contributed by atoms with E-state index < -0.39 is 0 Å². The molecule has 4 heteroatoms. The van der Waals surface area contributed by atoms with Crippen LogP contribution >= 0.6 is 0 Å². The van der Waals surface area contributed by atoms with Crippen LogP contribution in [0.5, 0.6) is 0 Å². The highest BCUT2D eigenvalue weighted by Crippen LogP contribution is 2.24. The van der Waals surface area contributed by atoms with Crippen molar-refractivity contribution in [3.63, 3.8) is 0 Å². The number of amides is 1. The van der Waals surface area contributed by atoms with Crippen molar-refractivity contribution in [3.8, 4) is 0 Å². The number of hydrogen-bond donors (Lipinski definition) is 0. The summed E-state index contributed by atoms with van der Waals surface area (Å²) in [6, 6.07) is 8.07. The average molecular weight is 313 g/mol. The Bertz CT molecular complexity index is 670. The second-order valence-corrected chi connectivity index (χ2v) is 6.73. The molecule has 0 unspecified atom stereocenters. The lowest BCUT2D eigenvalue weighted by molar-refractivity contribution is -0.131. The van der Waals surface area contributed by atoms with Crippen molar-refractivity contribution in [2.45, 2.75) is 52.0 Å². The summed E-state index contributed by atoms with van der Waals surface area (Å²) in [4.78, 5) is 19.2. The molecule has 3 rings (SSSR count). The summed E-state index contributed by atoms with van der Waals surface area (Å²) in [5.41, 5.74) is 2.04. The molecule has 124 valence electrons. The summed E-state index contributed by atoms with van der Waals surface area (Å²) >= 11 is 0. The Labute approximate surface area is 138 Å². The number of hydrogen-bond acceptors (Lipinski definition) is 2. The largest absolute Gasteiger partial charge is 0.344 e. The third kappa shape index (κ3) is 3.57. The molecule has 1 aromatic carbocycles. The second kappa shape index (κ2) is 7.16. The lowest BCUT2D eigenvalue weighted by atomic mass is 9.89. The van der Waals surface area contributed by atoms with E-state index >= 15 is 0 Å². The van der Waals surface area contributed by atoms with Gasteiger partial charge in [-0.3, -0.25) is 4.79 Å². The first kappa shape index (κ1) is 16.0. The first-order valence-corrected chi connectivity index (χ1v) is 8.87. The van der Waals surface area contributed by atoms with E-state index in [-0.39, 0.29) is 5.91 Å². The Kier molecular flexibility index (Phi) is 4.99. The van der Waals surface area contributed by atoms with Gasteiger partial charge in [-0.25, -0.2) is 4.98 Å². The third-order valence-corrected chi connectivity index (χ3v) is 5.03. The monoisotopic (exact) mass is 313 g/mol. The molecule has 1 aliphatic carbocycles. The molecule has 0 atom stereocenters. The molecule has 0 aliphatic heterocycles. The van der Waals surface area contributed by atoms with Crippen molar-refractivity contribution < 1.29 is 4.79 Å². The van der Waals surface area contributed by atoms with E-state index in [0.717, 1.165) is 29.8 Å². The molecule has 0 bridgehead atoms. The Morgan fingerprint density at radius 1 is 1.26 bits per heavy atom. The van der Waals surface area contributed by atoms with Crippen LogP contribution in [0.3, 0.4) is 0 Å². The summed E-state index contributed by atoms with van der Waals surface area (Å²) in [6.07, 6.45) is 7.37. The van der Waals surface area contributed by atoms with Crippen LogP contribution in [0.2, 0.25) is 0 Å². The maximum Gasteiger partial charge on any atom is 0.242 e. The number of rotatable bonds is 5. The van der Waals surface area contributed by atoms with Crippen molar-refractivity contribution in [1.82, 2.24) is 14.5 Å². The summed E-state index contributed by atoms with van der Waals surface area (Å²) in [6.45, 7) is 3.38. The molecule has 0 saturated heterocycles. The van der Waals surface area contributed by atoms with E-state index in [1.54, 1.807) is 0 Å². The van der Waals surface area contributed by atoms with E-state index in [1.165, 1.54) is 32.1 Å². The average Bonchev–Trinajstić information content (AvgIpc) is 2.93. The number of fused-ring (bicyclic) bond motifs is 1. The van der Waals surface area contributed by atoms with E-state index in [0.29, 0.717) is 12.5 Å². The fourth-order valence-electron chi connectivity index (χ4n) is 3.69. The van der Waals surface area contributed by atoms with Crippen molar-refractivity contribution in [2.24, 2.45) is 5.92 Å². The number of benzene rings is 1. The number of para-hydroxylation sites is 2. The van der Waals surface area contributed by atoms with E-state index in [1.807, 2.05) is 30.1 Å². The maximum absolute atomic E-state index is 12.7. The Morgan fingerprint density at radius 3 is 2.74 bits per heavy atom. The molecule has 0 radical (unpaired) electrons. The summed E-state index contributed by atoms with van der Waals surface area (Å²) < 4.78 is 2.08. The van der Waals surface area contributed by atoms with E-state index in [4.69, 9.17) is 0 Å². The number of carbonyl (C=O) groups is 1. The Morgan fingerprint density at radius 2 is 2.00 bits per heavy atom. The smallest absolute Gasteiger partial charge is 0.242 e. The van der Waals surface area contributed by atoms with Gasteiger partial charge in [-0.1, -0.05) is 38.3 Å². The van der Waals surface area contributed by atoms with Crippen LogP contribution in [0.15, 0.2) is 24.3 Å². The topological polar surface area (TPSA) is 38.1 Å². The molecule has 4 nitrogen and oxygen atoms in total. The second-order valence-electron chi connectivity index (χ2n) is 6.73. The highest BCUT2D eigenvalue weighted by Gasteiger charge is 2.20. The van der Waals surface area contributed by atoms with Gasteiger partial charge < -0.3 is 9.47 Å². The van der Waals surface area contributed by atoms with Crippen molar-refractivity contribution in [1.29, 1.82) is 0 Å². The molecule has 1 saturated carbocycles. The fraction of sp³-hybridized carbons (Fsp3) is 0.579. The molecule has 23 heavy (non-hydrogen) atoms. The quantitative estimate of drug-likeness (QED) is 0.845. The summed E-state index contributed by atoms with van der Waals surface area (Å²) in [5.74, 6) is 1.86. The summed E-state index contributed by atoms with van der Waals surface area (Å²) in [5, 5.41) is 0. The van der Waals surface area contributed by atoms with Crippen molar-refractivity contribution in [3.05, 3.63) is 30.1 Å². The first-order chi connectivity index (χ1) is 11.2. The number of aryl methyl sites for hydroxylation is 1. The molecular formula is C19H27N3O. The summed E-state index contributed by atoms with van der Waals surface area (Å²) in [7, 11) is 1.95. The standard InChI is InChI=1S/C19H27N3O/c1-3-18-20-16-11-7-8-12-17(16)22(18)14-19(23)21(2)13-15-9-5-4-6-10-15/h7-8,11-12,15H,3-6,9-10,13-14H2,1-2H3. The lowest BCUT2D eigenvalue weighted by Crippen LogP contribution is -2.35. The molecule has 1 aromatic heterocycles. The van der Waals surface area contributed by atoms with Crippen LogP contribution in [-0.2, 0) is 17.8 Å². The van der Waals surface area contributed by atoms with Gasteiger partial charge in [0.15, 0.2) is 0 Å². The lowest BCUT2D eigenvalue weighted by Gasteiger charge is -2.27. The number of nitrogens with zero attached hydrogens (tertiary/aromatic N) is 3. The number of imidazole rings is 1. The van der Waals surface area contributed by atoms with Gasteiger partial charge in [0, 0.05) is 20.0 Å². The first-order valence-electron chi connectivity index (χ1n) is 8.87. The molecule has 1 amide bonds. The van der Waals surface area contributed by atoms with E-state index in [2.05, 4.69) is 22.5 Å². The number of aromatic nitrogens is 2. The minimum atomic E-state index is 0.188. The normalized spacial score (nSPS) is 15.9. The molecule has 1 fully saturated rings. The van der Waals surface area contributed by atoms with Gasteiger partial charge in [0.2, 0.25) is 5.91 Å². The van der Waals surface area contributed by atoms with Gasteiger partial charge in [0.25, 0.3) is 0 Å². The van der Waals surface area contributed by atoms with Crippen LogP contribution in [0, 0.1) is 5.92 Å². The zero-order valence-electron chi connectivity index (χ0n) is 14.3. The molecular weight excluding hydrogens is 286 g/mol. The van der Waals surface area contributed by atoms with Crippen molar-refractivity contribution in [2.75, 3.05) is 13.6 Å². The maximum atomic E-state index is 12.7. The van der Waals surface area contributed by atoms with Crippen LogP contribution in [0.1, 0.15) is 44.9 Å². The Hall–Kier alpha value is -1.84. The predicted octanol–water partition coefficient (Wildman–Crippen LogP) is 3.64. The van der Waals surface area contributed by atoms with Gasteiger partial charge in [0.1, 0.15) is 12.4 Å². The Balaban J connectivity index is 1.71. The van der Waals surface area contributed by atoms with Gasteiger partial charge in [-0.05, 0) is 30.9 Å². The molecule has 0 N–H and O–H groups in total. The highest BCUT2D eigenvalue weighted by atomic mass is 16.2. The van der Waals surface area contributed by atoms with Crippen LogP contribution in [-0.4, -0.2) is 34.0 Å². The zero-order valence-corrected chi connectivity index (χ0v) is 14.3. The molecule has 1 aliphatic rings. The molecule has 1 heterocycles. The van der Waals surface area contributed by atoms with Crippen LogP contribution in [0.25, 0.3) is 11.0 Å². The number of likely N-dealkylation sites (N-methyl/N-ethyl adjacent to an activating group) is 1. The SMILES string of the molecule is CCc1nc2ccccc2n1CC(=O)N(C)CC1CCCCC1. The molecule has 2 aromatic rings. The van der Waals surface area contributed by atoms with Gasteiger partial charge in [0.05, 0.1) is 11.0 Å². The van der Waals surface area contributed by atoms with Crippen molar-refractivity contribution >= 4 is 16.9 Å². The minimum absolute atomic E-state index is 0.188. The van der Waals surface area contributed by atoms with Gasteiger partial charge in [-0.15, -0.1) is 0 Å².